The lowest BCUT2D eigenvalue weighted by atomic mass is 10.0. The summed E-state index contributed by atoms with van der Waals surface area (Å²) in [5, 5.41) is 1.11. The third kappa shape index (κ3) is 2.88. The Hall–Kier alpha value is -2.00. The lowest BCUT2D eigenvalue weighted by Gasteiger charge is -2.09. The summed E-state index contributed by atoms with van der Waals surface area (Å²) in [4.78, 5) is 6.80. The van der Waals surface area contributed by atoms with E-state index < -0.39 is 0 Å². The number of rotatable bonds is 3. The van der Waals surface area contributed by atoms with Gasteiger partial charge in [0.2, 0.25) is 0 Å². The van der Waals surface area contributed by atoms with E-state index >= 15 is 0 Å². The Morgan fingerprint density at radius 3 is 2.48 bits per heavy atom. The normalized spacial score (nSPS) is 11.2. The third-order valence-corrected chi connectivity index (χ3v) is 4.62. The number of nitrogens with two attached hydrogens (primary N) is 1. The van der Waals surface area contributed by atoms with E-state index in [0.29, 0.717) is 5.92 Å². The number of hydrogen-bond donors (Lipinski definition) is 1. The van der Waals surface area contributed by atoms with Crippen molar-refractivity contribution in [1.29, 1.82) is 0 Å². The molecule has 0 radical (unpaired) electrons. The van der Waals surface area contributed by atoms with E-state index in [-0.39, 0.29) is 0 Å². The van der Waals surface area contributed by atoms with Crippen LogP contribution in [-0.4, -0.2) is 4.98 Å². The molecule has 0 bridgehead atoms. The second kappa shape index (κ2) is 5.78. The molecule has 0 saturated carbocycles. The van der Waals surface area contributed by atoms with Crippen molar-refractivity contribution in [3.8, 4) is 0 Å². The molecule has 0 unspecified atom stereocenters. The predicted octanol–water partition coefficient (Wildman–Crippen LogP) is 5.09. The fraction of sp³-hybridized carbons (Fsp3) is 0.167. The highest BCUT2D eigenvalue weighted by molar-refractivity contribution is 7.99. The third-order valence-electron chi connectivity index (χ3n) is 3.54. The molecule has 2 nitrogen and oxygen atoms in total. The fourth-order valence-corrected chi connectivity index (χ4v) is 3.24. The summed E-state index contributed by atoms with van der Waals surface area (Å²) in [6, 6.07) is 16.7. The molecule has 0 aliphatic carbocycles. The van der Waals surface area contributed by atoms with Crippen molar-refractivity contribution in [1.82, 2.24) is 4.98 Å². The minimum Gasteiger partial charge on any atom is -0.397 e. The molecule has 1 heterocycles. The zero-order valence-corrected chi connectivity index (χ0v) is 13.0. The molecule has 0 saturated heterocycles. The molecule has 0 atom stereocenters. The summed E-state index contributed by atoms with van der Waals surface area (Å²) in [5.41, 5.74) is 8.97. The van der Waals surface area contributed by atoms with Crippen LogP contribution in [0.4, 0.5) is 5.69 Å². The van der Waals surface area contributed by atoms with Crippen molar-refractivity contribution in [3.63, 3.8) is 0 Å². The average molecular weight is 294 g/mol. The van der Waals surface area contributed by atoms with Gasteiger partial charge in [-0.05, 0) is 35.7 Å². The number of benzene rings is 2. The topological polar surface area (TPSA) is 38.9 Å². The lowest BCUT2D eigenvalue weighted by molar-refractivity contribution is 0.865. The minimum absolute atomic E-state index is 0.561. The summed E-state index contributed by atoms with van der Waals surface area (Å²) in [5.74, 6) is 0.561. The number of anilines is 1. The predicted molar refractivity (Wildman–Crippen MR) is 90.8 cm³/mol. The van der Waals surface area contributed by atoms with E-state index in [0.717, 1.165) is 16.6 Å². The van der Waals surface area contributed by atoms with Crippen LogP contribution < -0.4 is 5.73 Å². The summed E-state index contributed by atoms with van der Waals surface area (Å²) < 4.78 is 0. The maximum atomic E-state index is 6.00. The molecule has 0 spiro atoms. The van der Waals surface area contributed by atoms with Gasteiger partial charge in [0.25, 0.3) is 0 Å². The first-order chi connectivity index (χ1) is 10.1. The van der Waals surface area contributed by atoms with Crippen molar-refractivity contribution in [2.75, 3.05) is 5.73 Å². The van der Waals surface area contributed by atoms with Crippen LogP contribution in [0.25, 0.3) is 10.9 Å². The quantitative estimate of drug-likeness (QED) is 0.684. The Morgan fingerprint density at radius 2 is 1.76 bits per heavy atom. The van der Waals surface area contributed by atoms with Crippen molar-refractivity contribution in [2.24, 2.45) is 0 Å². The van der Waals surface area contributed by atoms with Crippen LogP contribution in [0.2, 0.25) is 0 Å². The molecule has 1 aromatic heterocycles. The number of nitrogen functional groups attached to an aromatic ring is 1. The van der Waals surface area contributed by atoms with Gasteiger partial charge in [-0.2, -0.15) is 0 Å². The van der Waals surface area contributed by atoms with Crippen LogP contribution >= 0.6 is 11.8 Å². The monoisotopic (exact) mass is 294 g/mol. The molecular formula is C18H18N2S. The van der Waals surface area contributed by atoms with Gasteiger partial charge in [-0.3, -0.25) is 4.98 Å². The highest BCUT2D eigenvalue weighted by Crippen LogP contribution is 2.34. The van der Waals surface area contributed by atoms with Crippen LogP contribution in [-0.2, 0) is 0 Å². The van der Waals surface area contributed by atoms with E-state index in [1.165, 1.54) is 15.4 Å². The number of hydrogen-bond acceptors (Lipinski definition) is 3. The van der Waals surface area contributed by atoms with E-state index in [2.05, 4.69) is 49.2 Å². The Morgan fingerprint density at radius 1 is 1.00 bits per heavy atom. The van der Waals surface area contributed by atoms with Crippen LogP contribution in [0.1, 0.15) is 25.3 Å². The molecule has 0 aliphatic rings. The SMILES string of the molecule is CC(C)c1ccc(Sc2ccnc3c(N)cccc23)cc1. The van der Waals surface area contributed by atoms with E-state index in [4.69, 9.17) is 5.73 Å². The number of fused-ring (bicyclic) bond motifs is 1. The molecule has 3 rings (SSSR count). The molecule has 0 amide bonds. The standard InChI is InChI=1S/C18H18N2S/c1-12(2)13-6-8-14(9-7-13)21-17-10-11-20-18-15(17)4-3-5-16(18)19/h3-12H,19H2,1-2H3. The molecule has 21 heavy (non-hydrogen) atoms. The van der Waals surface area contributed by atoms with Crippen molar-refractivity contribution < 1.29 is 0 Å². The first-order valence-corrected chi connectivity index (χ1v) is 7.88. The average Bonchev–Trinajstić information content (AvgIpc) is 2.49. The molecule has 2 N–H and O–H groups in total. The zero-order chi connectivity index (χ0) is 14.8. The summed E-state index contributed by atoms with van der Waals surface area (Å²) in [6.07, 6.45) is 1.82. The van der Waals surface area contributed by atoms with Crippen LogP contribution in [0.3, 0.4) is 0 Å². The Labute approximate surface area is 129 Å². The molecular weight excluding hydrogens is 276 g/mol. The summed E-state index contributed by atoms with van der Waals surface area (Å²) in [6.45, 7) is 4.42. The first kappa shape index (κ1) is 14.0. The van der Waals surface area contributed by atoms with Gasteiger partial charge >= 0.3 is 0 Å². The van der Waals surface area contributed by atoms with Crippen molar-refractivity contribution in [2.45, 2.75) is 29.6 Å². The van der Waals surface area contributed by atoms with E-state index in [9.17, 15) is 0 Å². The van der Waals surface area contributed by atoms with Crippen LogP contribution in [0, 0.1) is 0 Å². The minimum atomic E-state index is 0.561. The Bertz CT molecular complexity index is 764. The highest BCUT2D eigenvalue weighted by atomic mass is 32.2. The number of pyridine rings is 1. The highest BCUT2D eigenvalue weighted by Gasteiger charge is 2.06. The maximum Gasteiger partial charge on any atom is 0.0942 e. The number of aromatic nitrogens is 1. The fourth-order valence-electron chi connectivity index (χ4n) is 2.31. The summed E-state index contributed by atoms with van der Waals surface area (Å²) in [7, 11) is 0. The molecule has 0 fully saturated rings. The Kier molecular flexibility index (Phi) is 3.84. The zero-order valence-electron chi connectivity index (χ0n) is 12.2. The second-order valence-corrected chi connectivity index (χ2v) is 6.49. The lowest BCUT2D eigenvalue weighted by Crippen LogP contribution is -1.90. The van der Waals surface area contributed by atoms with Gasteiger partial charge in [0.1, 0.15) is 0 Å². The van der Waals surface area contributed by atoms with Gasteiger partial charge in [0.05, 0.1) is 11.2 Å². The van der Waals surface area contributed by atoms with Crippen molar-refractivity contribution >= 4 is 28.4 Å². The van der Waals surface area contributed by atoms with E-state index in [1.807, 2.05) is 24.4 Å². The van der Waals surface area contributed by atoms with Gasteiger partial charge in [0.15, 0.2) is 0 Å². The van der Waals surface area contributed by atoms with Gasteiger partial charge in [-0.25, -0.2) is 0 Å². The second-order valence-electron chi connectivity index (χ2n) is 5.38. The van der Waals surface area contributed by atoms with Crippen LogP contribution in [0.5, 0.6) is 0 Å². The summed E-state index contributed by atoms with van der Waals surface area (Å²) >= 11 is 1.75. The molecule has 2 aromatic carbocycles. The van der Waals surface area contributed by atoms with Gasteiger partial charge in [-0.15, -0.1) is 0 Å². The van der Waals surface area contributed by atoms with E-state index in [1.54, 1.807) is 11.8 Å². The number of para-hydroxylation sites is 1. The molecule has 3 aromatic rings. The molecule has 3 heteroatoms. The van der Waals surface area contributed by atoms with Gasteiger partial charge in [0, 0.05) is 21.4 Å². The molecule has 106 valence electrons. The van der Waals surface area contributed by atoms with Gasteiger partial charge < -0.3 is 5.73 Å². The smallest absolute Gasteiger partial charge is 0.0942 e. The number of nitrogens with zero attached hydrogens (tertiary/aromatic N) is 1. The maximum absolute atomic E-state index is 6.00. The molecule has 0 aliphatic heterocycles. The first-order valence-electron chi connectivity index (χ1n) is 7.06. The van der Waals surface area contributed by atoms with Crippen LogP contribution in [0.15, 0.2) is 64.5 Å². The Balaban J connectivity index is 1.96. The largest absolute Gasteiger partial charge is 0.397 e. The van der Waals surface area contributed by atoms with Crippen molar-refractivity contribution in [3.05, 3.63) is 60.3 Å². The van der Waals surface area contributed by atoms with Gasteiger partial charge in [-0.1, -0.05) is 49.9 Å².